The second-order valence-corrected chi connectivity index (χ2v) is 15.0. The number of hydrogen-bond donors (Lipinski definition) is 3. The van der Waals surface area contributed by atoms with E-state index in [0.29, 0.717) is 24.7 Å². The van der Waals surface area contributed by atoms with Crippen molar-refractivity contribution in [1.82, 2.24) is 0 Å². The number of carbonyl (C=O) groups is 1. The van der Waals surface area contributed by atoms with E-state index < -0.39 is 17.5 Å². The van der Waals surface area contributed by atoms with Crippen molar-refractivity contribution in [2.75, 3.05) is 0 Å². The van der Waals surface area contributed by atoms with Crippen molar-refractivity contribution in [2.45, 2.75) is 118 Å². The van der Waals surface area contributed by atoms with E-state index >= 15 is 0 Å². The summed E-state index contributed by atoms with van der Waals surface area (Å²) in [6.07, 6.45) is 10.1. The molecule has 5 rings (SSSR count). The zero-order chi connectivity index (χ0) is 25.1. The standard InChI is InChI=1S/C30H48O4/c1-25(2)20-10-13-30(7)21(28(20,5)12-11-22(25)31)9-8-18-19-16-26(3,24(33)34)17-23(32)27(19,4)14-15-29(18,30)6/h8,19-23,31-32H,9-17H2,1-7H3,(H,33,34)/t19-,20?,21-,22?,23?,26?,27-,28+,29-,30-/m0/s1. The lowest BCUT2D eigenvalue weighted by molar-refractivity contribution is -0.208. The van der Waals surface area contributed by atoms with Crippen LogP contribution in [0.15, 0.2) is 11.6 Å². The van der Waals surface area contributed by atoms with Crippen LogP contribution in [-0.2, 0) is 4.79 Å². The quantitative estimate of drug-likeness (QED) is 0.397. The predicted octanol–water partition coefficient (Wildman–Crippen LogP) is 6.20. The lowest BCUT2D eigenvalue weighted by atomic mass is 9.33. The van der Waals surface area contributed by atoms with Gasteiger partial charge in [-0.1, -0.05) is 53.2 Å². The molecule has 5 aliphatic carbocycles. The minimum absolute atomic E-state index is 0.0325. The Morgan fingerprint density at radius 2 is 1.50 bits per heavy atom. The lowest BCUT2D eigenvalue weighted by Crippen LogP contribution is -2.65. The molecule has 0 radical (unpaired) electrons. The first-order chi connectivity index (χ1) is 15.6. The van der Waals surface area contributed by atoms with Crippen molar-refractivity contribution in [2.24, 2.45) is 50.2 Å². The van der Waals surface area contributed by atoms with Crippen LogP contribution in [0.2, 0.25) is 0 Å². The van der Waals surface area contributed by atoms with E-state index in [2.05, 4.69) is 47.6 Å². The molecule has 0 bridgehead atoms. The Morgan fingerprint density at radius 3 is 2.15 bits per heavy atom. The Labute approximate surface area is 206 Å². The van der Waals surface area contributed by atoms with Crippen LogP contribution in [0.4, 0.5) is 0 Å². The molecular formula is C30H48O4. The van der Waals surface area contributed by atoms with Gasteiger partial charge in [-0.2, -0.15) is 0 Å². The third-order valence-corrected chi connectivity index (χ3v) is 13.4. The molecule has 192 valence electrons. The fourth-order valence-corrected chi connectivity index (χ4v) is 10.6. The monoisotopic (exact) mass is 472 g/mol. The zero-order valence-electron chi connectivity index (χ0n) is 22.6. The van der Waals surface area contributed by atoms with Gasteiger partial charge in [-0.05, 0) is 104 Å². The highest BCUT2D eigenvalue weighted by atomic mass is 16.4. The Balaban J connectivity index is 1.59. The maximum absolute atomic E-state index is 12.3. The highest BCUT2D eigenvalue weighted by Crippen LogP contribution is 2.75. The van der Waals surface area contributed by atoms with Crippen molar-refractivity contribution in [1.29, 1.82) is 0 Å². The number of carboxylic acid groups (broad SMARTS) is 1. The largest absolute Gasteiger partial charge is 0.481 e. The van der Waals surface area contributed by atoms with Crippen LogP contribution in [0.3, 0.4) is 0 Å². The fraction of sp³-hybridized carbons (Fsp3) is 0.900. The zero-order valence-corrected chi connectivity index (χ0v) is 22.6. The van der Waals surface area contributed by atoms with Gasteiger partial charge in [-0.25, -0.2) is 0 Å². The molecule has 34 heavy (non-hydrogen) atoms. The Morgan fingerprint density at radius 1 is 0.824 bits per heavy atom. The first kappa shape index (κ1) is 24.8. The average molecular weight is 473 g/mol. The van der Waals surface area contributed by atoms with Gasteiger partial charge in [-0.3, -0.25) is 4.79 Å². The molecule has 4 saturated carbocycles. The van der Waals surface area contributed by atoms with Crippen LogP contribution in [0.5, 0.6) is 0 Å². The second-order valence-electron chi connectivity index (χ2n) is 15.0. The van der Waals surface area contributed by atoms with Crippen LogP contribution in [-0.4, -0.2) is 33.5 Å². The third-order valence-electron chi connectivity index (χ3n) is 13.4. The topological polar surface area (TPSA) is 77.8 Å². The van der Waals surface area contributed by atoms with Crippen LogP contribution in [0, 0.1) is 50.2 Å². The van der Waals surface area contributed by atoms with Gasteiger partial charge in [0.15, 0.2) is 0 Å². The van der Waals surface area contributed by atoms with E-state index in [1.54, 1.807) is 0 Å². The summed E-state index contributed by atoms with van der Waals surface area (Å²) in [6, 6.07) is 0. The van der Waals surface area contributed by atoms with Crippen molar-refractivity contribution >= 4 is 5.97 Å². The summed E-state index contributed by atoms with van der Waals surface area (Å²) in [5, 5.41) is 32.2. The van der Waals surface area contributed by atoms with Crippen molar-refractivity contribution in [3.05, 3.63) is 11.6 Å². The second kappa shape index (κ2) is 7.12. The Bertz CT molecular complexity index is 923. The van der Waals surface area contributed by atoms with Crippen molar-refractivity contribution < 1.29 is 20.1 Å². The number of rotatable bonds is 1. The van der Waals surface area contributed by atoms with Crippen LogP contribution in [0.1, 0.15) is 106 Å². The molecule has 0 aromatic rings. The first-order valence-electron chi connectivity index (χ1n) is 13.9. The molecule has 0 aliphatic heterocycles. The summed E-state index contributed by atoms with van der Waals surface area (Å²) in [5.41, 5.74) is 0.706. The van der Waals surface area contributed by atoms with Gasteiger partial charge in [0.25, 0.3) is 0 Å². The maximum Gasteiger partial charge on any atom is 0.309 e. The van der Waals surface area contributed by atoms with E-state index in [1.165, 1.54) is 12.0 Å². The molecule has 0 saturated heterocycles. The third kappa shape index (κ3) is 2.82. The van der Waals surface area contributed by atoms with E-state index in [1.807, 2.05) is 6.92 Å². The van der Waals surface area contributed by atoms with Crippen LogP contribution < -0.4 is 0 Å². The molecule has 0 aromatic carbocycles. The number of aliphatic hydroxyl groups excluding tert-OH is 2. The molecule has 10 atom stereocenters. The van der Waals surface area contributed by atoms with Gasteiger partial charge in [-0.15, -0.1) is 0 Å². The van der Waals surface area contributed by atoms with Crippen molar-refractivity contribution in [3.8, 4) is 0 Å². The lowest BCUT2D eigenvalue weighted by Gasteiger charge is -2.71. The number of allylic oxidation sites excluding steroid dienone is 2. The molecule has 4 heteroatoms. The summed E-state index contributed by atoms with van der Waals surface area (Å²) in [4.78, 5) is 12.3. The normalized spacial score (nSPS) is 56.3. The molecule has 4 fully saturated rings. The average Bonchev–Trinajstić information content (AvgIpc) is 2.73. The predicted molar refractivity (Wildman–Crippen MR) is 134 cm³/mol. The molecule has 0 amide bonds. The summed E-state index contributed by atoms with van der Waals surface area (Å²) < 4.78 is 0. The van der Waals surface area contributed by atoms with E-state index in [-0.39, 0.29) is 39.1 Å². The van der Waals surface area contributed by atoms with Crippen molar-refractivity contribution in [3.63, 3.8) is 0 Å². The summed E-state index contributed by atoms with van der Waals surface area (Å²) in [6.45, 7) is 16.2. The molecule has 3 N–H and O–H groups in total. The molecular weight excluding hydrogens is 424 g/mol. The molecule has 4 unspecified atom stereocenters. The molecule has 0 aromatic heterocycles. The minimum Gasteiger partial charge on any atom is -0.481 e. The number of aliphatic hydroxyl groups is 2. The number of carboxylic acids is 1. The van der Waals surface area contributed by atoms with Gasteiger partial charge in [0.1, 0.15) is 0 Å². The molecule has 0 spiro atoms. The first-order valence-corrected chi connectivity index (χ1v) is 13.9. The SMILES string of the molecule is CC1(C(=O)O)CC(O)[C@@]2(C)CC[C@@]3(C)C(=CC[C@@H]4[C@]3(C)CCC3C(C)(C)C(O)CC[C@]34C)[C@@H]2C1. The summed E-state index contributed by atoms with van der Waals surface area (Å²) in [7, 11) is 0. The highest BCUT2D eigenvalue weighted by Gasteiger charge is 2.69. The van der Waals surface area contributed by atoms with Gasteiger partial charge in [0.2, 0.25) is 0 Å². The maximum atomic E-state index is 12.3. The summed E-state index contributed by atoms with van der Waals surface area (Å²) >= 11 is 0. The Hall–Kier alpha value is -0.870. The summed E-state index contributed by atoms with van der Waals surface area (Å²) in [5.74, 6) is 0.463. The van der Waals surface area contributed by atoms with Gasteiger partial charge in [0, 0.05) is 5.41 Å². The molecule has 4 nitrogen and oxygen atoms in total. The minimum atomic E-state index is -0.867. The van der Waals surface area contributed by atoms with Gasteiger partial charge >= 0.3 is 5.97 Å². The fourth-order valence-electron chi connectivity index (χ4n) is 10.6. The number of fused-ring (bicyclic) bond motifs is 7. The smallest absolute Gasteiger partial charge is 0.309 e. The number of hydrogen-bond acceptors (Lipinski definition) is 3. The van der Waals surface area contributed by atoms with E-state index in [0.717, 1.165) is 38.5 Å². The van der Waals surface area contributed by atoms with Gasteiger partial charge in [0.05, 0.1) is 17.6 Å². The van der Waals surface area contributed by atoms with E-state index in [9.17, 15) is 20.1 Å². The van der Waals surface area contributed by atoms with Crippen LogP contribution in [0.25, 0.3) is 0 Å². The van der Waals surface area contributed by atoms with Crippen LogP contribution >= 0.6 is 0 Å². The molecule has 5 aliphatic rings. The van der Waals surface area contributed by atoms with Gasteiger partial charge < -0.3 is 15.3 Å². The molecule has 0 heterocycles. The highest BCUT2D eigenvalue weighted by molar-refractivity contribution is 5.74. The number of aliphatic carboxylic acids is 1. The van der Waals surface area contributed by atoms with E-state index in [4.69, 9.17) is 0 Å². The Kier molecular flexibility index (Phi) is 5.20.